The summed E-state index contributed by atoms with van der Waals surface area (Å²) >= 11 is 0. The molecule has 20 heavy (non-hydrogen) atoms. The predicted octanol–water partition coefficient (Wildman–Crippen LogP) is 1.99. The number of aromatic nitrogens is 2. The third kappa shape index (κ3) is 2.78. The number of hydrogen-bond donors (Lipinski definition) is 1. The number of nitrogens with zero attached hydrogens (tertiary/aromatic N) is 3. The van der Waals surface area contributed by atoms with Crippen LogP contribution < -0.4 is 15.4 Å². The highest BCUT2D eigenvalue weighted by molar-refractivity contribution is 5.85. The van der Waals surface area contributed by atoms with Gasteiger partial charge in [-0.15, -0.1) is 12.4 Å². The summed E-state index contributed by atoms with van der Waals surface area (Å²) in [5, 5.41) is 0. The van der Waals surface area contributed by atoms with Gasteiger partial charge < -0.3 is 15.4 Å². The van der Waals surface area contributed by atoms with E-state index in [2.05, 4.69) is 9.88 Å². The number of anilines is 1. The molecule has 3 rings (SSSR count). The summed E-state index contributed by atoms with van der Waals surface area (Å²) < 4.78 is 5.64. The molecule has 1 fully saturated rings. The first-order valence-electron chi connectivity index (χ1n) is 6.68. The van der Waals surface area contributed by atoms with Crippen LogP contribution in [0.5, 0.6) is 5.88 Å². The van der Waals surface area contributed by atoms with Crippen LogP contribution in [0.3, 0.4) is 0 Å². The molecule has 5 nitrogen and oxygen atoms in total. The van der Waals surface area contributed by atoms with Crippen molar-refractivity contribution in [2.45, 2.75) is 19.4 Å². The van der Waals surface area contributed by atoms with Gasteiger partial charge in [-0.1, -0.05) is 12.1 Å². The summed E-state index contributed by atoms with van der Waals surface area (Å²) in [4.78, 5) is 11.4. The molecule has 2 aromatic rings. The second-order valence-electron chi connectivity index (χ2n) is 4.77. The fourth-order valence-electron chi connectivity index (χ4n) is 2.39. The minimum atomic E-state index is 0. The Balaban J connectivity index is 0.00000147. The van der Waals surface area contributed by atoms with Gasteiger partial charge in [-0.05, 0) is 25.5 Å². The summed E-state index contributed by atoms with van der Waals surface area (Å²) in [5.74, 6) is 1.42. The van der Waals surface area contributed by atoms with Gasteiger partial charge in [0.1, 0.15) is 0 Å². The van der Waals surface area contributed by atoms with E-state index >= 15 is 0 Å². The van der Waals surface area contributed by atoms with E-state index in [9.17, 15) is 0 Å². The van der Waals surface area contributed by atoms with Gasteiger partial charge in [-0.25, -0.2) is 9.97 Å². The minimum Gasteiger partial charge on any atom is -0.475 e. The van der Waals surface area contributed by atoms with Crippen molar-refractivity contribution < 1.29 is 4.74 Å². The van der Waals surface area contributed by atoms with Crippen molar-refractivity contribution in [1.82, 2.24) is 9.97 Å². The van der Waals surface area contributed by atoms with Crippen molar-refractivity contribution in [3.05, 3.63) is 24.3 Å². The highest BCUT2D eigenvalue weighted by Crippen LogP contribution is 2.29. The van der Waals surface area contributed by atoms with Crippen molar-refractivity contribution in [2.75, 3.05) is 24.6 Å². The zero-order chi connectivity index (χ0) is 13.2. The lowest BCUT2D eigenvalue weighted by Gasteiger charge is -2.19. The quantitative estimate of drug-likeness (QED) is 0.938. The number of ether oxygens (including phenoxy) is 1. The first-order valence-corrected chi connectivity index (χ1v) is 6.68. The molecule has 0 unspecified atom stereocenters. The number of hydrogen-bond acceptors (Lipinski definition) is 5. The molecule has 1 aromatic heterocycles. The van der Waals surface area contributed by atoms with Crippen molar-refractivity contribution >= 4 is 29.3 Å². The van der Waals surface area contributed by atoms with Crippen LogP contribution in [0.4, 0.5) is 5.82 Å². The highest BCUT2D eigenvalue weighted by Gasteiger charge is 2.24. The molecule has 0 saturated carbocycles. The lowest BCUT2D eigenvalue weighted by atomic mass is 10.3. The molecule has 0 spiro atoms. The smallest absolute Gasteiger partial charge is 0.258 e. The van der Waals surface area contributed by atoms with Gasteiger partial charge >= 0.3 is 0 Å². The van der Waals surface area contributed by atoms with Crippen LogP contribution in [0.25, 0.3) is 11.0 Å². The first kappa shape index (κ1) is 14.8. The maximum Gasteiger partial charge on any atom is 0.258 e. The standard InChI is InChI=1S/C14H18N4O.ClH/c1-2-19-14-13(18-8-7-10(15)9-18)16-11-5-3-4-6-12(11)17-14;/h3-6,10H,2,7-9,15H2,1H3;1H/t10-;/m0./s1. The lowest BCUT2D eigenvalue weighted by molar-refractivity contribution is 0.327. The second kappa shape index (κ2) is 6.24. The number of nitrogens with two attached hydrogens (primary N) is 1. The summed E-state index contributed by atoms with van der Waals surface area (Å²) in [6.07, 6.45) is 0.986. The molecule has 1 aromatic carbocycles. The van der Waals surface area contributed by atoms with E-state index < -0.39 is 0 Å². The van der Waals surface area contributed by atoms with Gasteiger partial charge in [-0.3, -0.25) is 0 Å². The van der Waals surface area contributed by atoms with Crippen LogP contribution in [0, 0.1) is 0 Å². The molecule has 0 amide bonds. The molecule has 1 atom stereocenters. The van der Waals surface area contributed by atoms with E-state index in [4.69, 9.17) is 15.5 Å². The van der Waals surface area contributed by atoms with Crippen LogP contribution >= 0.6 is 12.4 Å². The van der Waals surface area contributed by atoms with Gasteiger partial charge in [0.05, 0.1) is 17.6 Å². The van der Waals surface area contributed by atoms with Crippen LogP contribution in [0.15, 0.2) is 24.3 Å². The van der Waals surface area contributed by atoms with Crippen molar-refractivity contribution in [2.24, 2.45) is 5.73 Å². The van der Waals surface area contributed by atoms with Crippen molar-refractivity contribution in [1.29, 1.82) is 0 Å². The number of fused-ring (bicyclic) bond motifs is 1. The Bertz CT molecular complexity index is 592. The normalized spacial score (nSPS) is 18.1. The predicted molar refractivity (Wildman–Crippen MR) is 82.8 cm³/mol. The van der Waals surface area contributed by atoms with E-state index in [0.29, 0.717) is 12.5 Å². The molecule has 6 heteroatoms. The second-order valence-corrected chi connectivity index (χ2v) is 4.77. The molecule has 108 valence electrons. The molecule has 1 aliphatic heterocycles. The first-order chi connectivity index (χ1) is 9.28. The van der Waals surface area contributed by atoms with E-state index in [1.165, 1.54) is 0 Å². The summed E-state index contributed by atoms with van der Waals surface area (Å²) in [6, 6.07) is 8.06. The summed E-state index contributed by atoms with van der Waals surface area (Å²) in [6.45, 7) is 4.26. The number of para-hydroxylation sites is 2. The van der Waals surface area contributed by atoms with Crippen LogP contribution in [-0.4, -0.2) is 35.7 Å². The van der Waals surface area contributed by atoms with Crippen LogP contribution in [0.1, 0.15) is 13.3 Å². The number of benzene rings is 1. The lowest BCUT2D eigenvalue weighted by Crippen LogP contribution is -2.27. The van der Waals surface area contributed by atoms with Gasteiger partial charge in [-0.2, -0.15) is 0 Å². The van der Waals surface area contributed by atoms with E-state index in [0.717, 1.165) is 36.4 Å². The number of rotatable bonds is 3. The average Bonchev–Trinajstić information content (AvgIpc) is 2.85. The Morgan fingerprint density at radius 2 is 2.00 bits per heavy atom. The Labute approximate surface area is 124 Å². The molecule has 1 aliphatic rings. The third-order valence-electron chi connectivity index (χ3n) is 3.33. The SMILES string of the molecule is CCOc1nc2ccccc2nc1N1CC[C@H](N)C1.Cl. The van der Waals surface area contributed by atoms with Crippen molar-refractivity contribution in [3.8, 4) is 5.88 Å². The maximum atomic E-state index is 5.97. The molecule has 2 heterocycles. The fraction of sp³-hybridized carbons (Fsp3) is 0.429. The Kier molecular flexibility index (Phi) is 4.62. The average molecular weight is 295 g/mol. The zero-order valence-corrected chi connectivity index (χ0v) is 12.3. The number of halogens is 1. The molecule has 0 radical (unpaired) electrons. The summed E-state index contributed by atoms with van der Waals surface area (Å²) in [5.41, 5.74) is 7.72. The third-order valence-corrected chi connectivity index (χ3v) is 3.33. The van der Waals surface area contributed by atoms with Crippen LogP contribution in [-0.2, 0) is 0 Å². The van der Waals surface area contributed by atoms with Gasteiger partial charge in [0.15, 0.2) is 5.82 Å². The van der Waals surface area contributed by atoms with Crippen LogP contribution in [0.2, 0.25) is 0 Å². The van der Waals surface area contributed by atoms with Gasteiger partial charge in [0, 0.05) is 19.1 Å². The Hall–Kier alpha value is -1.59. The highest BCUT2D eigenvalue weighted by atomic mass is 35.5. The maximum absolute atomic E-state index is 5.97. The van der Waals surface area contributed by atoms with E-state index in [1.54, 1.807) is 0 Å². The largest absolute Gasteiger partial charge is 0.475 e. The molecular weight excluding hydrogens is 276 g/mol. The Morgan fingerprint density at radius 3 is 2.60 bits per heavy atom. The Morgan fingerprint density at radius 1 is 1.30 bits per heavy atom. The summed E-state index contributed by atoms with van der Waals surface area (Å²) in [7, 11) is 0. The minimum absolute atomic E-state index is 0. The van der Waals surface area contributed by atoms with Gasteiger partial charge in [0.25, 0.3) is 5.88 Å². The topological polar surface area (TPSA) is 64.3 Å². The van der Waals surface area contributed by atoms with Crippen molar-refractivity contribution in [3.63, 3.8) is 0 Å². The molecule has 0 aliphatic carbocycles. The zero-order valence-electron chi connectivity index (χ0n) is 11.5. The molecule has 2 N–H and O–H groups in total. The molecular formula is C14H19ClN4O. The molecule has 1 saturated heterocycles. The fourth-order valence-corrected chi connectivity index (χ4v) is 2.39. The monoisotopic (exact) mass is 294 g/mol. The molecule has 0 bridgehead atoms. The van der Waals surface area contributed by atoms with E-state index in [1.807, 2.05) is 31.2 Å². The van der Waals surface area contributed by atoms with E-state index in [-0.39, 0.29) is 18.4 Å². The van der Waals surface area contributed by atoms with Gasteiger partial charge in [0.2, 0.25) is 0 Å².